The molecule has 2 aromatic heterocycles. The van der Waals surface area contributed by atoms with Crippen molar-refractivity contribution >= 4 is 28.7 Å². The molecule has 2 saturated heterocycles. The third kappa shape index (κ3) is 5.01. The predicted molar refractivity (Wildman–Crippen MR) is 137 cm³/mol. The second kappa shape index (κ2) is 9.11. The summed E-state index contributed by atoms with van der Waals surface area (Å²) in [4.78, 5) is 23.6. The van der Waals surface area contributed by atoms with Gasteiger partial charge >= 0.3 is 6.18 Å². The van der Waals surface area contributed by atoms with E-state index in [1.807, 2.05) is 27.7 Å². The largest absolute Gasteiger partial charge is 0.416 e. The first-order valence-corrected chi connectivity index (χ1v) is 12.7. The molecule has 2 aliphatic rings. The smallest absolute Gasteiger partial charge is 0.390 e. The number of hydrogen-bond donors (Lipinski definition) is 3. The SMILES string of the molecule is CC(C)(O)C1CCN(c2nc(NC3CC(=O)NC3(C)C)nc3c2cnn3-c2cccc(C(F)(F)F)c2)CC1. The highest BCUT2D eigenvalue weighted by molar-refractivity contribution is 5.89. The highest BCUT2D eigenvalue weighted by Gasteiger charge is 2.40. The van der Waals surface area contributed by atoms with E-state index in [1.165, 1.54) is 10.7 Å². The maximum atomic E-state index is 13.4. The number of hydrogen-bond acceptors (Lipinski definition) is 7. The zero-order chi connectivity index (χ0) is 27.5. The van der Waals surface area contributed by atoms with Crippen molar-refractivity contribution in [1.82, 2.24) is 25.1 Å². The summed E-state index contributed by atoms with van der Waals surface area (Å²) in [7, 11) is 0. The highest BCUT2D eigenvalue weighted by Crippen LogP contribution is 2.35. The van der Waals surface area contributed by atoms with Gasteiger partial charge in [-0.25, -0.2) is 4.68 Å². The fraction of sp³-hybridized carbons (Fsp3) is 0.538. The lowest BCUT2D eigenvalue weighted by atomic mass is 9.83. The summed E-state index contributed by atoms with van der Waals surface area (Å²) >= 11 is 0. The molecule has 3 aromatic rings. The van der Waals surface area contributed by atoms with E-state index < -0.39 is 22.9 Å². The summed E-state index contributed by atoms with van der Waals surface area (Å²) in [6.45, 7) is 8.73. The number of nitrogens with one attached hydrogen (secondary N) is 2. The number of carbonyl (C=O) groups excluding carboxylic acids is 1. The van der Waals surface area contributed by atoms with E-state index in [4.69, 9.17) is 4.98 Å². The quantitative estimate of drug-likeness (QED) is 0.458. The van der Waals surface area contributed by atoms with Crippen molar-refractivity contribution < 1.29 is 23.1 Å². The fourth-order valence-corrected chi connectivity index (χ4v) is 5.32. The number of piperidine rings is 1. The molecule has 1 atom stereocenters. The lowest BCUT2D eigenvalue weighted by Crippen LogP contribution is -2.46. The molecule has 9 nitrogen and oxygen atoms in total. The average molecular weight is 532 g/mol. The second-order valence-corrected chi connectivity index (χ2v) is 11.3. The van der Waals surface area contributed by atoms with Crippen LogP contribution < -0.4 is 15.5 Å². The third-order valence-electron chi connectivity index (χ3n) is 7.65. The summed E-state index contributed by atoms with van der Waals surface area (Å²) in [6.07, 6.45) is -1.17. The Bertz CT molecular complexity index is 1360. The van der Waals surface area contributed by atoms with Crippen molar-refractivity contribution in [2.24, 2.45) is 5.92 Å². The van der Waals surface area contributed by atoms with Crippen molar-refractivity contribution in [2.45, 2.75) is 70.3 Å². The van der Waals surface area contributed by atoms with Crippen molar-refractivity contribution in [3.8, 4) is 5.69 Å². The Balaban J connectivity index is 1.57. The molecule has 0 radical (unpaired) electrons. The van der Waals surface area contributed by atoms with Crippen molar-refractivity contribution in [3.05, 3.63) is 36.0 Å². The number of amides is 1. The van der Waals surface area contributed by atoms with Crippen molar-refractivity contribution in [1.29, 1.82) is 0 Å². The minimum absolute atomic E-state index is 0.0866. The summed E-state index contributed by atoms with van der Waals surface area (Å²) < 4.78 is 41.6. The van der Waals surface area contributed by atoms with E-state index in [0.29, 0.717) is 29.9 Å². The topological polar surface area (TPSA) is 108 Å². The van der Waals surface area contributed by atoms with Gasteiger partial charge in [-0.2, -0.15) is 28.2 Å². The molecule has 204 valence electrons. The Morgan fingerprint density at radius 2 is 1.87 bits per heavy atom. The Kier molecular flexibility index (Phi) is 6.28. The number of rotatable bonds is 5. The van der Waals surface area contributed by atoms with Gasteiger partial charge in [-0.3, -0.25) is 4.79 Å². The number of aliphatic hydroxyl groups is 1. The molecular weight excluding hydrogens is 499 g/mol. The molecule has 2 aliphatic heterocycles. The van der Waals surface area contributed by atoms with Crippen LogP contribution in [-0.2, 0) is 11.0 Å². The van der Waals surface area contributed by atoms with Gasteiger partial charge in [0.2, 0.25) is 11.9 Å². The van der Waals surface area contributed by atoms with Gasteiger partial charge in [-0.05, 0) is 64.7 Å². The van der Waals surface area contributed by atoms with Crippen LogP contribution in [-0.4, -0.2) is 61.0 Å². The van der Waals surface area contributed by atoms with Gasteiger partial charge < -0.3 is 20.6 Å². The molecule has 2 fully saturated rings. The molecule has 4 heterocycles. The summed E-state index contributed by atoms with van der Waals surface area (Å²) in [6, 6.07) is 4.66. The fourth-order valence-electron chi connectivity index (χ4n) is 5.32. The lowest BCUT2D eigenvalue weighted by molar-refractivity contribution is -0.137. The number of aromatic nitrogens is 4. The molecule has 0 bridgehead atoms. The van der Waals surface area contributed by atoms with Gasteiger partial charge in [0.15, 0.2) is 5.65 Å². The highest BCUT2D eigenvalue weighted by atomic mass is 19.4. The van der Waals surface area contributed by atoms with E-state index in [0.717, 1.165) is 25.0 Å². The van der Waals surface area contributed by atoms with Crippen molar-refractivity contribution in [3.63, 3.8) is 0 Å². The predicted octanol–water partition coefficient (Wildman–Crippen LogP) is 3.90. The van der Waals surface area contributed by atoms with Gasteiger partial charge in [-0.15, -0.1) is 0 Å². The number of nitrogens with zero attached hydrogens (tertiary/aromatic N) is 5. The number of anilines is 2. The molecule has 3 N–H and O–H groups in total. The molecular formula is C26H32F3N7O2. The van der Waals surface area contributed by atoms with E-state index >= 15 is 0 Å². The van der Waals surface area contributed by atoms with Crippen LogP contribution in [0.4, 0.5) is 24.9 Å². The first-order valence-electron chi connectivity index (χ1n) is 12.7. The molecule has 1 amide bonds. The monoisotopic (exact) mass is 531 g/mol. The van der Waals surface area contributed by atoms with Crippen LogP contribution in [0.1, 0.15) is 52.5 Å². The Morgan fingerprint density at radius 1 is 1.16 bits per heavy atom. The van der Waals surface area contributed by atoms with Gasteiger partial charge in [-0.1, -0.05) is 6.07 Å². The first-order chi connectivity index (χ1) is 17.7. The van der Waals surface area contributed by atoms with Crippen LogP contribution in [0.3, 0.4) is 0 Å². The number of benzene rings is 1. The standard InChI is InChI=1S/C26H32F3N7O2/c1-24(2)19(13-20(37)34-24)31-23-32-21(35-10-8-15(9-11-35)25(3,4)38)18-14-30-36(22(18)33-23)17-7-5-6-16(12-17)26(27,28)29/h5-7,12,14-15,19,38H,8-11,13H2,1-4H3,(H,34,37)(H,31,32,33). The van der Waals surface area contributed by atoms with E-state index in [2.05, 4.69) is 25.6 Å². The Morgan fingerprint density at radius 3 is 2.47 bits per heavy atom. The normalized spacial score (nSPS) is 20.7. The first kappa shape index (κ1) is 26.2. The molecule has 0 spiro atoms. The summed E-state index contributed by atoms with van der Waals surface area (Å²) in [5.41, 5.74) is -1.53. The number of halogens is 3. The summed E-state index contributed by atoms with van der Waals surface area (Å²) in [5.74, 6) is 0.926. The maximum absolute atomic E-state index is 13.4. The van der Waals surface area contributed by atoms with Crippen LogP contribution in [0, 0.1) is 5.92 Å². The molecule has 1 unspecified atom stereocenters. The van der Waals surface area contributed by atoms with E-state index in [-0.39, 0.29) is 35.9 Å². The van der Waals surface area contributed by atoms with Crippen LogP contribution >= 0.6 is 0 Å². The minimum atomic E-state index is -4.50. The number of alkyl halides is 3. The third-order valence-corrected chi connectivity index (χ3v) is 7.65. The molecule has 5 rings (SSSR count). The van der Waals surface area contributed by atoms with Gasteiger partial charge in [0.1, 0.15) is 5.82 Å². The molecule has 38 heavy (non-hydrogen) atoms. The summed E-state index contributed by atoms with van der Waals surface area (Å²) in [5, 5.41) is 21.7. The zero-order valence-electron chi connectivity index (χ0n) is 21.8. The van der Waals surface area contributed by atoms with Crippen LogP contribution in [0.2, 0.25) is 0 Å². The lowest BCUT2D eigenvalue weighted by Gasteiger charge is -2.38. The van der Waals surface area contributed by atoms with E-state index in [9.17, 15) is 23.1 Å². The molecule has 12 heteroatoms. The van der Waals surface area contributed by atoms with E-state index in [1.54, 1.807) is 12.3 Å². The van der Waals surface area contributed by atoms with Gasteiger partial charge in [0.05, 0.1) is 40.0 Å². The minimum Gasteiger partial charge on any atom is -0.390 e. The molecule has 1 aromatic carbocycles. The Labute approximate surface area is 218 Å². The van der Waals surface area contributed by atoms with Gasteiger partial charge in [0, 0.05) is 19.5 Å². The van der Waals surface area contributed by atoms with Crippen LogP contribution in [0.15, 0.2) is 30.5 Å². The molecule has 0 saturated carbocycles. The second-order valence-electron chi connectivity index (χ2n) is 11.3. The van der Waals surface area contributed by atoms with Crippen LogP contribution in [0.5, 0.6) is 0 Å². The van der Waals surface area contributed by atoms with Gasteiger partial charge in [0.25, 0.3) is 0 Å². The zero-order valence-corrected chi connectivity index (χ0v) is 21.8. The maximum Gasteiger partial charge on any atom is 0.416 e. The Hall–Kier alpha value is -3.41. The molecule has 0 aliphatic carbocycles. The number of fused-ring (bicyclic) bond motifs is 1. The van der Waals surface area contributed by atoms with Crippen LogP contribution in [0.25, 0.3) is 16.7 Å². The average Bonchev–Trinajstić information content (AvgIpc) is 3.36. The number of carbonyl (C=O) groups is 1. The van der Waals surface area contributed by atoms with Crippen molar-refractivity contribution in [2.75, 3.05) is 23.3 Å².